The summed E-state index contributed by atoms with van der Waals surface area (Å²) in [6, 6.07) is 1.70. The molecule has 2 aromatic heterocycles. The number of piperazine rings is 1. The third-order valence-corrected chi connectivity index (χ3v) is 6.46. The minimum absolute atomic E-state index is 0.0302. The monoisotopic (exact) mass is 401 g/mol. The van der Waals surface area contributed by atoms with Crippen LogP contribution in [0.25, 0.3) is 11.0 Å². The summed E-state index contributed by atoms with van der Waals surface area (Å²) >= 11 is 0. The van der Waals surface area contributed by atoms with Crippen LogP contribution in [0.4, 0.5) is 10.2 Å². The van der Waals surface area contributed by atoms with Gasteiger partial charge in [0, 0.05) is 37.9 Å². The molecular formula is C20H24FN5O3. The van der Waals surface area contributed by atoms with Crippen molar-refractivity contribution in [2.45, 2.75) is 37.9 Å². The van der Waals surface area contributed by atoms with Crippen molar-refractivity contribution in [3.05, 3.63) is 33.9 Å². The Hall–Kier alpha value is -2.52. The number of carbonyl (C=O) groups is 1. The molecule has 3 saturated heterocycles. The zero-order chi connectivity index (χ0) is 20.1. The number of piperidine rings is 1. The van der Waals surface area contributed by atoms with Crippen LogP contribution in [0.2, 0.25) is 0 Å². The van der Waals surface area contributed by atoms with Crippen molar-refractivity contribution in [2.75, 3.05) is 31.1 Å². The van der Waals surface area contributed by atoms with Crippen LogP contribution in [0.1, 0.15) is 29.6 Å². The maximum absolute atomic E-state index is 15.0. The van der Waals surface area contributed by atoms with Crippen molar-refractivity contribution < 1.29 is 14.3 Å². The summed E-state index contributed by atoms with van der Waals surface area (Å²) < 4.78 is 16.7. The molecule has 3 aliphatic heterocycles. The molecule has 0 unspecified atom stereocenters. The Morgan fingerprint density at radius 3 is 2.79 bits per heavy atom. The Labute approximate surface area is 166 Å². The molecule has 3 aliphatic rings. The first kappa shape index (κ1) is 18.5. The number of anilines is 1. The summed E-state index contributed by atoms with van der Waals surface area (Å²) in [7, 11) is 0. The number of carboxylic acids is 1. The Morgan fingerprint density at radius 2 is 2.14 bits per heavy atom. The van der Waals surface area contributed by atoms with Crippen molar-refractivity contribution in [3.63, 3.8) is 0 Å². The molecule has 9 heteroatoms. The van der Waals surface area contributed by atoms with Crippen molar-refractivity contribution >= 4 is 22.8 Å². The van der Waals surface area contributed by atoms with Gasteiger partial charge in [-0.05, 0) is 44.3 Å². The standard InChI is InChI=1S/C20H24FN5O3/c21-16-6-14-17(27)15(20(28)29)10-25(8-11-1-3-22-4-2-11)18(14)24-19(16)26-9-12-5-13(26)7-23-12/h6,10-13,22-23H,1-5,7-9H2,(H,28,29)/t12-,13-/m0/s1. The van der Waals surface area contributed by atoms with Crippen LogP contribution in [-0.4, -0.2) is 58.9 Å². The lowest BCUT2D eigenvalue weighted by atomic mass is 9.98. The highest BCUT2D eigenvalue weighted by Crippen LogP contribution is 2.31. The largest absolute Gasteiger partial charge is 0.477 e. The van der Waals surface area contributed by atoms with Gasteiger partial charge in [0.15, 0.2) is 11.6 Å². The quantitative estimate of drug-likeness (QED) is 0.696. The predicted octanol–water partition coefficient (Wildman–Crippen LogP) is 0.784. The molecule has 2 atom stereocenters. The SMILES string of the molecule is O=C(O)c1cn(CC2CCNCC2)c2nc(N3C[C@@H]4C[C@H]3CN4)c(F)cc2c1=O. The second kappa shape index (κ2) is 7.07. The second-order valence-electron chi connectivity index (χ2n) is 8.33. The fourth-order valence-corrected chi connectivity index (χ4v) is 4.93. The fourth-order valence-electron chi connectivity index (χ4n) is 4.93. The van der Waals surface area contributed by atoms with E-state index in [1.165, 1.54) is 12.3 Å². The molecule has 0 spiro atoms. The van der Waals surface area contributed by atoms with Gasteiger partial charge in [-0.1, -0.05) is 0 Å². The molecular weight excluding hydrogens is 377 g/mol. The minimum atomic E-state index is -1.30. The first-order valence-electron chi connectivity index (χ1n) is 10.2. The molecule has 5 heterocycles. The number of carboxylic acid groups (broad SMARTS) is 1. The highest BCUT2D eigenvalue weighted by Gasteiger charge is 2.39. The van der Waals surface area contributed by atoms with Crippen LogP contribution < -0.4 is 21.0 Å². The van der Waals surface area contributed by atoms with Gasteiger partial charge in [-0.25, -0.2) is 14.2 Å². The summed E-state index contributed by atoms with van der Waals surface area (Å²) in [4.78, 5) is 30.8. The molecule has 3 fully saturated rings. The zero-order valence-electron chi connectivity index (χ0n) is 16.0. The average Bonchev–Trinajstić information content (AvgIpc) is 3.34. The van der Waals surface area contributed by atoms with Gasteiger partial charge in [0.25, 0.3) is 0 Å². The van der Waals surface area contributed by atoms with E-state index in [2.05, 4.69) is 15.6 Å². The zero-order valence-corrected chi connectivity index (χ0v) is 16.0. The second-order valence-corrected chi connectivity index (χ2v) is 8.33. The highest BCUT2D eigenvalue weighted by molar-refractivity contribution is 5.92. The van der Waals surface area contributed by atoms with E-state index in [1.54, 1.807) is 4.57 Å². The summed E-state index contributed by atoms with van der Waals surface area (Å²) in [5.74, 6) is -1.26. The van der Waals surface area contributed by atoms with Gasteiger partial charge >= 0.3 is 5.97 Å². The van der Waals surface area contributed by atoms with Crippen LogP contribution in [0.3, 0.4) is 0 Å². The maximum Gasteiger partial charge on any atom is 0.341 e. The molecule has 5 rings (SSSR count). The van der Waals surface area contributed by atoms with Crippen LogP contribution >= 0.6 is 0 Å². The normalized spacial score (nSPS) is 24.5. The van der Waals surface area contributed by atoms with E-state index in [9.17, 15) is 19.1 Å². The molecule has 29 heavy (non-hydrogen) atoms. The van der Waals surface area contributed by atoms with Gasteiger partial charge in [-0.15, -0.1) is 0 Å². The first-order chi connectivity index (χ1) is 14.0. The topological polar surface area (TPSA) is 99.5 Å². The number of nitrogens with zero attached hydrogens (tertiary/aromatic N) is 3. The van der Waals surface area contributed by atoms with E-state index < -0.39 is 17.2 Å². The molecule has 3 N–H and O–H groups in total. The predicted molar refractivity (Wildman–Crippen MR) is 106 cm³/mol. The first-order valence-corrected chi connectivity index (χ1v) is 10.2. The van der Waals surface area contributed by atoms with Crippen LogP contribution in [0, 0.1) is 11.7 Å². The Morgan fingerprint density at radius 1 is 1.34 bits per heavy atom. The minimum Gasteiger partial charge on any atom is -0.477 e. The van der Waals surface area contributed by atoms with Gasteiger partial charge in [0.2, 0.25) is 5.43 Å². The van der Waals surface area contributed by atoms with Crippen LogP contribution in [0.15, 0.2) is 17.1 Å². The van der Waals surface area contributed by atoms with Crippen molar-refractivity contribution in [3.8, 4) is 0 Å². The van der Waals surface area contributed by atoms with Crippen molar-refractivity contribution in [2.24, 2.45) is 5.92 Å². The number of fused-ring (bicyclic) bond motifs is 3. The number of nitrogens with one attached hydrogen (secondary N) is 2. The molecule has 2 aromatic rings. The van der Waals surface area contributed by atoms with Gasteiger partial charge in [-0.2, -0.15) is 0 Å². The van der Waals surface area contributed by atoms with Gasteiger partial charge in [-0.3, -0.25) is 4.79 Å². The van der Waals surface area contributed by atoms with E-state index in [-0.39, 0.29) is 22.8 Å². The number of hydrogen-bond acceptors (Lipinski definition) is 6. The van der Waals surface area contributed by atoms with E-state index in [1.807, 2.05) is 4.90 Å². The maximum atomic E-state index is 15.0. The van der Waals surface area contributed by atoms with E-state index in [4.69, 9.17) is 0 Å². The molecule has 0 aromatic carbocycles. The lowest BCUT2D eigenvalue weighted by molar-refractivity contribution is 0.0694. The van der Waals surface area contributed by atoms with E-state index >= 15 is 0 Å². The molecule has 0 radical (unpaired) electrons. The average molecular weight is 401 g/mol. The molecule has 0 saturated carbocycles. The third kappa shape index (κ3) is 3.18. The van der Waals surface area contributed by atoms with Gasteiger partial charge in [0.1, 0.15) is 11.2 Å². The summed E-state index contributed by atoms with van der Waals surface area (Å²) in [5, 5.41) is 16.2. The fraction of sp³-hybridized carbons (Fsp3) is 0.550. The van der Waals surface area contributed by atoms with Gasteiger partial charge in [0.05, 0.1) is 5.39 Å². The highest BCUT2D eigenvalue weighted by atomic mass is 19.1. The smallest absolute Gasteiger partial charge is 0.341 e. The van der Waals surface area contributed by atoms with Crippen molar-refractivity contribution in [1.82, 2.24) is 20.2 Å². The number of pyridine rings is 2. The van der Waals surface area contributed by atoms with Crippen LogP contribution in [-0.2, 0) is 6.54 Å². The molecule has 8 nitrogen and oxygen atoms in total. The Balaban J connectivity index is 1.63. The summed E-state index contributed by atoms with van der Waals surface area (Å²) in [6.45, 7) is 3.86. The molecule has 154 valence electrons. The van der Waals surface area contributed by atoms with Gasteiger partial charge < -0.3 is 25.2 Å². The number of aromatic nitrogens is 2. The number of hydrogen-bond donors (Lipinski definition) is 3. The van der Waals surface area contributed by atoms with E-state index in [0.29, 0.717) is 30.7 Å². The number of aromatic carboxylic acids is 1. The molecule has 0 amide bonds. The number of rotatable bonds is 4. The van der Waals surface area contributed by atoms with Crippen LogP contribution in [0.5, 0.6) is 0 Å². The lowest BCUT2D eigenvalue weighted by Gasteiger charge is -2.29. The molecule has 0 aliphatic carbocycles. The van der Waals surface area contributed by atoms with Crippen molar-refractivity contribution in [1.29, 1.82) is 0 Å². The summed E-state index contributed by atoms with van der Waals surface area (Å²) in [6.07, 6.45) is 4.26. The van der Waals surface area contributed by atoms with E-state index in [0.717, 1.165) is 38.9 Å². The lowest BCUT2D eigenvalue weighted by Crippen LogP contribution is -2.44. The Bertz CT molecular complexity index is 1030. The number of halogens is 1. The molecule has 2 bridgehead atoms. The third-order valence-electron chi connectivity index (χ3n) is 6.46. The Kier molecular flexibility index (Phi) is 4.51. The summed E-state index contributed by atoms with van der Waals surface area (Å²) in [5.41, 5.74) is -0.660.